The number of epoxide rings is 2. The van der Waals surface area contributed by atoms with Crippen molar-refractivity contribution in [3.05, 3.63) is 31.5 Å². The summed E-state index contributed by atoms with van der Waals surface area (Å²) in [7, 11) is 1.41. The van der Waals surface area contributed by atoms with Crippen LogP contribution in [0.2, 0.25) is 0 Å². The van der Waals surface area contributed by atoms with Gasteiger partial charge in [0.1, 0.15) is 0 Å². The number of hydrogen-bond donors (Lipinski definition) is 0. The Bertz CT molecular complexity index is 652. The van der Waals surface area contributed by atoms with Gasteiger partial charge < -0.3 is 9.47 Å². The molecule has 0 bridgehead atoms. The molecule has 0 radical (unpaired) electrons. The first kappa shape index (κ1) is 15.2. The van der Waals surface area contributed by atoms with Crippen molar-refractivity contribution in [3.8, 4) is 0 Å². The molecule has 122 valence electrons. The fourth-order valence-corrected chi connectivity index (χ4v) is 2.56. The molecular weight excluding hydrogens is 290 g/mol. The van der Waals surface area contributed by atoms with E-state index in [1.54, 1.807) is 0 Å². The van der Waals surface area contributed by atoms with Crippen molar-refractivity contribution in [2.75, 3.05) is 13.2 Å². The first-order valence-corrected chi connectivity index (χ1v) is 7.72. The SMILES string of the molecule is Cn1c(=O)n(CCCC2CO2)c(=O)n(CCCC2CO2)c1=O. The highest BCUT2D eigenvalue weighted by Crippen LogP contribution is 2.16. The Hall–Kier alpha value is -1.67. The standard InChI is InChI=1S/C14H21N3O5/c1-15-12(18)16(6-2-4-10-8-21-10)14(20)17(13(15)19)7-3-5-11-9-22-11/h10-11H,2-9H2,1H3. The van der Waals surface area contributed by atoms with Crippen molar-refractivity contribution in [1.82, 2.24) is 13.7 Å². The third-order valence-electron chi connectivity index (χ3n) is 4.12. The number of aromatic nitrogens is 3. The Kier molecular flexibility index (Phi) is 4.30. The number of nitrogens with zero attached hydrogens (tertiary/aromatic N) is 3. The Balaban J connectivity index is 1.77. The van der Waals surface area contributed by atoms with Crippen molar-refractivity contribution < 1.29 is 9.47 Å². The molecule has 1 aromatic heterocycles. The number of hydrogen-bond acceptors (Lipinski definition) is 5. The van der Waals surface area contributed by atoms with Crippen LogP contribution in [0.5, 0.6) is 0 Å². The van der Waals surface area contributed by atoms with Crippen LogP contribution in [-0.4, -0.2) is 39.1 Å². The third-order valence-corrected chi connectivity index (χ3v) is 4.12. The van der Waals surface area contributed by atoms with Gasteiger partial charge in [0.05, 0.1) is 25.4 Å². The second kappa shape index (κ2) is 6.21. The van der Waals surface area contributed by atoms with Crippen LogP contribution in [-0.2, 0) is 29.6 Å². The van der Waals surface area contributed by atoms with Crippen LogP contribution in [0, 0.1) is 0 Å². The largest absolute Gasteiger partial charge is 0.373 e. The zero-order chi connectivity index (χ0) is 15.7. The third kappa shape index (κ3) is 3.38. The van der Waals surface area contributed by atoms with Gasteiger partial charge in [-0.05, 0) is 25.7 Å². The monoisotopic (exact) mass is 311 g/mol. The van der Waals surface area contributed by atoms with E-state index in [-0.39, 0.29) is 12.2 Å². The maximum atomic E-state index is 12.4. The first-order chi connectivity index (χ1) is 10.6. The van der Waals surface area contributed by atoms with Crippen molar-refractivity contribution in [3.63, 3.8) is 0 Å². The molecule has 0 aromatic carbocycles. The van der Waals surface area contributed by atoms with E-state index < -0.39 is 17.1 Å². The topological polar surface area (TPSA) is 91.1 Å². The van der Waals surface area contributed by atoms with E-state index in [0.717, 1.165) is 39.8 Å². The van der Waals surface area contributed by atoms with Crippen molar-refractivity contribution >= 4 is 0 Å². The minimum Gasteiger partial charge on any atom is -0.373 e. The summed E-state index contributed by atoms with van der Waals surface area (Å²) in [4.78, 5) is 36.6. The van der Waals surface area contributed by atoms with Gasteiger partial charge in [0.25, 0.3) is 0 Å². The summed E-state index contributed by atoms with van der Waals surface area (Å²) < 4.78 is 13.5. The van der Waals surface area contributed by atoms with E-state index in [0.29, 0.717) is 25.9 Å². The molecule has 22 heavy (non-hydrogen) atoms. The van der Waals surface area contributed by atoms with Crippen molar-refractivity contribution in [1.29, 1.82) is 0 Å². The number of ether oxygens (including phenoxy) is 2. The molecule has 1 aromatic rings. The summed E-state index contributed by atoms with van der Waals surface area (Å²) in [6.07, 6.45) is 3.57. The first-order valence-electron chi connectivity index (χ1n) is 7.72. The minimum absolute atomic E-state index is 0.268. The molecule has 2 atom stereocenters. The second-order valence-corrected chi connectivity index (χ2v) is 5.91. The van der Waals surface area contributed by atoms with Gasteiger partial charge >= 0.3 is 17.1 Å². The summed E-state index contributed by atoms with van der Waals surface area (Å²) in [5.41, 5.74) is -1.61. The summed E-state index contributed by atoms with van der Waals surface area (Å²) >= 11 is 0. The Morgan fingerprint density at radius 1 is 0.864 bits per heavy atom. The van der Waals surface area contributed by atoms with Gasteiger partial charge in [-0.25, -0.2) is 28.1 Å². The summed E-state index contributed by atoms with van der Waals surface area (Å²) in [5.74, 6) is 0. The fraction of sp³-hybridized carbons (Fsp3) is 0.786. The average Bonchev–Trinajstić information content (AvgIpc) is 3.38. The summed E-state index contributed by atoms with van der Waals surface area (Å²) in [6, 6.07) is 0. The lowest BCUT2D eigenvalue weighted by Crippen LogP contribution is -2.53. The quantitative estimate of drug-likeness (QED) is 0.578. The lowest BCUT2D eigenvalue weighted by atomic mass is 10.2. The van der Waals surface area contributed by atoms with Crippen molar-refractivity contribution in [2.45, 2.75) is 51.0 Å². The van der Waals surface area contributed by atoms with E-state index in [1.165, 1.54) is 7.05 Å². The van der Waals surface area contributed by atoms with Gasteiger partial charge in [-0.3, -0.25) is 0 Å². The summed E-state index contributed by atoms with van der Waals surface area (Å²) in [6.45, 7) is 2.15. The highest BCUT2D eigenvalue weighted by Gasteiger charge is 2.23. The molecule has 2 aliphatic heterocycles. The van der Waals surface area contributed by atoms with Gasteiger partial charge in [0.2, 0.25) is 0 Å². The van der Waals surface area contributed by atoms with Crippen LogP contribution in [0.1, 0.15) is 25.7 Å². The Labute approximate surface area is 126 Å². The molecule has 0 saturated carbocycles. The molecule has 0 N–H and O–H groups in total. The summed E-state index contributed by atoms with van der Waals surface area (Å²) in [5, 5.41) is 0. The molecule has 0 amide bonds. The molecule has 2 fully saturated rings. The Morgan fingerprint density at radius 3 is 1.64 bits per heavy atom. The normalized spacial score (nSPS) is 22.8. The van der Waals surface area contributed by atoms with Gasteiger partial charge in [0.15, 0.2) is 0 Å². The van der Waals surface area contributed by atoms with Gasteiger partial charge in [-0.15, -0.1) is 0 Å². The van der Waals surface area contributed by atoms with E-state index in [1.807, 2.05) is 0 Å². The lowest BCUT2D eigenvalue weighted by molar-refractivity contribution is 0.371. The fourth-order valence-electron chi connectivity index (χ4n) is 2.56. The molecule has 2 aliphatic rings. The molecule has 0 spiro atoms. The van der Waals surface area contributed by atoms with Crippen molar-refractivity contribution in [2.24, 2.45) is 7.05 Å². The van der Waals surface area contributed by atoms with Crippen LogP contribution in [0.15, 0.2) is 14.4 Å². The molecule has 8 heteroatoms. The average molecular weight is 311 g/mol. The van der Waals surface area contributed by atoms with Crippen LogP contribution in [0.25, 0.3) is 0 Å². The zero-order valence-corrected chi connectivity index (χ0v) is 12.7. The van der Waals surface area contributed by atoms with Crippen LogP contribution in [0.4, 0.5) is 0 Å². The van der Waals surface area contributed by atoms with Gasteiger partial charge in [-0.1, -0.05) is 0 Å². The number of rotatable bonds is 8. The zero-order valence-electron chi connectivity index (χ0n) is 12.7. The predicted octanol–water partition coefficient (Wildman–Crippen LogP) is -0.933. The molecule has 8 nitrogen and oxygen atoms in total. The molecular formula is C14H21N3O5. The van der Waals surface area contributed by atoms with E-state index in [9.17, 15) is 14.4 Å². The molecule has 3 heterocycles. The molecule has 2 unspecified atom stereocenters. The minimum atomic E-state index is -0.548. The van der Waals surface area contributed by atoms with E-state index in [4.69, 9.17) is 9.47 Å². The van der Waals surface area contributed by atoms with Crippen LogP contribution < -0.4 is 17.1 Å². The van der Waals surface area contributed by atoms with Crippen LogP contribution >= 0.6 is 0 Å². The molecule has 2 saturated heterocycles. The van der Waals surface area contributed by atoms with Gasteiger partial charge in [-0.2, -0.15) is 0 Å². The second-order valence-electron chi connectivity index (χ2n) is 5.91. The lowest BCUT2D eigenvalue weighted by Gasteiger charge is -2.11. The highest BCUT2D eigenvalue weighted by molar-refractivity contribution is 4.79. The maximum Gasteiger partial charge on any atom is 0.336 e. The predicted molar refractivity (Wildman–Crippen MR) is 78.2 cm³/mol. The maximum absolute atomic E-state index is 12.4. The molecule has 3 rings (SSSR count). The molecule has 0 aliphatic carbocycles. The van der Waals surface area contributed by atoms with Crippen LogP contribution in [0.3, 0.4) is 0 Å². The van der Waals surface area contributed by atoms with E-state index in [2.05, 4.69) is 0 Å². The smallest absolute Gasteiger partial charge is 0.336 e. The van der Waals surface area contributed by atoms with Gasteiger partial charge in [0, 0.05) is 20.1 Å². The van der Waals surface area contributed by atoms with E-state index >= 15 is 0 Å². The highest BCUT2D eigenvalue weighted by atomic mass is 16.6. The Morgan fingerprint density at radius 2 is 1.27 bits per heavy atom.